The van der Waals surface area contributed by atoms with Gasteiger partial charge in [-0.05, 0) is 17.7 Å². The van der Waals surface area contributed by atoms with Crippen LogP contribution in [0, 0.1) is 0 Å². The van der Waals surface area contributed by atoms with Gasteiger partial charge < -0.3 is 9.97 Å². The fraction of sp³-hybridized carbons (Fsp3) is 0. The molecule has 0 fully saturated rings. The lowest BCUT2D eigenvalue weighted by atomic mass is 10.2. The number of halogens is 1. The number of nitrogens with one attached hydrogen (secondary N) is 2. The SMILES string of the molecule is O=c1[nH]cc(-c2ccc(Cl)cc2)[nH]1. The molecule has 13 heavy (non-hydrogen) atoms. The second-order valence-corrected chi connectivity index (χ2v) is 3.10. The summed E-state index contributed by atoms with van der Waals surface area (Å²) in [5.41, 5.74) is 1.49. The molecule has 0 bridgehead atoms. The van der Waals surface area contributed by atoms with Crippen molar-refractivity contribution in [3.05, 3.63) is 46.0 Å². The van der Waals surface area contributed by atoms with Gasteiger partial charge in [0.1, 0.15) is 0 Å². The molecular weight excluding hydrogens is 188 g/mol. The Hall–Kier alpha value is -1.48. The first-order valence-corrected chi connectivity index (χ1v) is 4.17. The van der Waals surface area contributed by atoms with Crippen LogP contribution in [0.5, 0.6) is 0 Å². The molecule has 1 aromatic heterocycles. The molecule has 4 heteroatoms. The zero-order chi connectivity index (χ0) is 9.26. The van der Waals surface area contributed by atoms with Crippen LogP contribution in [0.4, 0.5) is 0 Å². The summed E-state index contributed by atoms with van der Waals surface area (Å²) in [4.78, 5) is 16.0. The Kier molecular flexibility index (Phi) is 1.94. The monoisotopic (exact) mass is 194 g/mol. The summed E-state index contributed by atoms with van der Waals surface area (Å²) in [7, 11) is 0. The molecule has 0 spiro atoms. The zero-order valence-corrected chi connectivity index (χ0v) is 7.43. The van der Waals surface area contributed by atoms with E-state index in [-0.39, 0.29) is 5.69 Å². The highest BCUT2D eigenvalue weighted by Crippen LogP contribution is 2.17. The van der Waals surface area contributed by atoms with E-state index in [1.54, 1.807) is 18.3 Å². The Morgan fingerprint density at radius 1 is 1.15 bits per heavy atom. The molecule has 0 amide bonds. The first-order valence-electron chi connectivity index (χ1n) is 3.79. The fourth-order valence-electron chi connectivity index (χ4n) is 1.12. The van der Waals surface area contributed by atoms with E-state index >= 15 is 0 Å². The van der Waals surface area contributed by atoms with Gasteiger partial charge >= 0.3 is 5.69 Å². The van der Waals surface area contributed by atoms with E-state index in [2.05, 4.69) is 9.97 Å². The Bertz CT molecular complexity index is 455. The van der Waals surface area contributed by atoms with Gasteiger partial charge in [-0.15, -0.1) is 0 Å². The smallest absolute Gasteiger partial charge is 0.312 e. The predicted octanol–water partition coefficient (Wildman–Crippen LogP) is 2.02. The molecule has 0 radical (unpaired) electrons. The molecule has 0 aliphatic heterocycles. The van der Waals surface area contributed by atoms with Crippen molar-refractivity contribution in [2.24, 2.45) is 0 Å². The molecular formula is C9H7ClN2O. The minimum absolute atomic E-state index is 0.204. The summed E-state index contributed by atoms with van der Waals surface area (Å²) >= 11 is 5.72. The summed E-state index contributed by atoms with van der Waals surface area (Å²) in [6.45, 7) is 0. The lowest BCUT2D eigenvalue weighted by molar-refractivity contribution is 1.19. The summed E-state index contributed by atoms with van der Waals surface area (Å²) < 4.78 is 0. The maximum absolute atomic E-state index is 10.8. The summed E-state index contributed by atoms with van der Waals surface area (Å²) in [5, 5.41) is 0.682. The van der Waals surface area contributed by atoms with Gasteiger partial charge in [0.15, 0.2) is 0 Å². The third-order valence-corrected chi connectivity index (χ3v) is 2.00. The lowest BCUT2D eigenvalue weighted by Gasteiger charge is -1.95. The highest BCUT2D eigenvalue weighted by atomic mass is 35.5. The maximum atomic E-state index is 10.8. The molecule has 2 aromatic rings. The molecule has 1 heterocycles. The van der Waals surface area contributed by atoms with Gasteiger partial charge in [0.05, 0.1) is 5.69 Å². The number of aromatic amines is 2. The van der Waals surface area contributed by atoms with Gasteiger partial charge in [0.2, 0.25) is 0 Å². The minimum atomic E-state index is -0.204. The average molecular weight is 195 g/mol. The van der Waals surface area contributed by atoms with E-state index in [1.807, 2.05) is 12.1 Å². The van der Waals surface area contributed by atoms with E-state index in [0.717, 1.165) is 11.3 Å². The first-order chi connectivity index (χ1) is 6.25. The molecule has 2 N–H and O–H groups in total. The zero-order valence-electron chi connectivity index (χ0n) is 6.67. The summed E-state index contributed by atoms with van der Waals surface area (Å²) in [6, 6.07) is 7.26. The number of imidazole rings is 1. The van der Waals surface area contributed by atoms with E-state index in [1.165, 1.54) is 0 Å². The molecule has 0 aliphatic rings. The van der Waals surface area contributed by atoms with Crippen molar-refractivity contribution in [2.45, 2.75) is 0 Å². The third-order valence-electron chi connectivity index (χ3n) is 1.75. The van der Waals surface area contributed by atoms with Crippen LogP contribution in [-0.2, 0) is 0 Å². The highest BCUT2D eigenvalue weighted by molar-refractivity contribution is 6.30. The van der Waals surface area contributed by atoms with E-state index in [9.17, 15) is 4.79 Å². The molecule has 0 atom stereocenters. The van der Waals surface area contributed by atoms with Crippen LogP contribution < -0.4 is 5.69 Å². The van der Waals surface area contributed by atoms with E-state index in [4.69, 9.17) is 11.6 Å². The fourth-order valence-corrected chi connectivity index (χ4v) is 1.24. The number of H-pyrrole nitrogens is 2. The molecule has 0 unspecified atom stereocenters. The van der Waals surface area contributed by atoms with Gasteiger partial charge in [-0.2, -0.15) is 0 Å². The number of benzene rings is 1. The number of hydrogen-bond donors (Lipinski definition) is 2. The highest BCUT2D eigenvalue weighted by Gasteiger charge is 1.98. The molecule has 3 nitrogen and oxygen atoms in total. The molecule has 2 rings (SSSR count). The van der Waals surface area contributed by atoms with Gasteiger partial charge in [-0.25, -0.2) is 4.79 Å². The quantitative estimate of drug-likeness (QED) is 0.717. The summed E-state index contributed by atoms with van der Waals surface area (Å²) in [5.74, 6) is 0. The van der Waals surface area contributed by atoms with Crippen LogP contribution in [0.1, 0.15) is 0 Å². The Morgan fingerprint density at radius 2 is 1.85 bits per heavy atom. The second-order valence-electron chi connectivity index (χ2n) is 2.66. The van der Waals surface area contributed by atoms with Crippen LogP contribution in [0.25, 0.3) is 11.3 Å². The van der Waals surface area contributed by atoms with Gasteiger partial charge in [-0.3, -0.25) is 0 Å². The summed E-state index contributed by atoms with van der Waals surface area (Å²) in [6.07, 6.45) is 1.63. The van der Waals surface area contributed by atoms with Gasteiger partial charge in [0.25, 0.3) is 0 Å². The van der Waals surface area contributed by atoms with Crippen LogP contribution >= 0.6 is 11.6 Å². The minimum Gasteiger partial charge on any atom is -0.312 e. The molecule has 0 saturated heterocycles. The molecule has 0 saturated carbocycles. The second kappa shape index (κ2) is 3.11. The molecule has 0 aliphatic carbocycles. The standard InChI is InChI=1S/C9H7ClN2O/c10-7-3-1-6(2-4-7)8-5-11-9(13)12-8/h1-5H,(H2,11,12,13). The lowest BCUT2D eigenvalue weighted by Crippen LogP contribution is -1.99. The number of rotatable bonds is 1. The van der Waals surface area contributed by atoms with Crippen molar-refractivity contribution in [1.82, 2.24) is 9.97 Å². The van der Waals surface area contributed by atoms with Gasteiger partial charge in [0, 0.05) is 11.2 Å². The topological polar surface area (TPSA) is 48.6 Å². The van der Waals surface area contributed by atoms with Crippen molar-refractivity contribution < 1.29 is 0 Å². The van der Waals surface area contributed by atoms with Crippen LogP contribution in [0.2, 0.25) is 5.02 Å². The van der Waals surface area contributed by atoms with Crippen molar-refractivity contribution in [3.8, 4) is 11.3 Å². The maximum Gasteiger partial charge on any atom is 0.323 e. The Morgan fingerprint density at radius 3 is 2.38 bits per heavy atom. The first kappa shape index (κ1) is 8.13. The Labute approximate surface area is 79.4 Å². The number of hydrogen-bond acceptors (Lipinski definition) is 1. The predicted molar refractivity (Wildman–Crippen MR) is 51.9 cm³/mol. The Balaban J connectivity index is 2.47. The van der Waals surface area contributed by atoms with Crippen LogP contribution in [0.3, 0.4) is 0 Å². The molecule has 1 aromatic carbocycles. The molecule has 66 valence electrons. The van der Waals surface area contributed by atoms with Gasteiger partial charge in [-0.1, -0.05) is 23.7 Å². The van der Waals surface area contributed by atoms with Crippen molar-refractivity contribution in [3.63, 3.8) is 0 Å². The normalized spacial score (nSPS) is 10.2. The van der Waals surface area contributed by atoms with Crippen LogP contribution in [0.15, 0.2) is 35.3 Å². The van der Waals surface area contributed by atoms with E-state index < -0.39 is 0 Å². The van der Waals surface area contributed by atoms with Crippen LogP contribution in [-0.4, -0.2) is 9.97 Å². The largest absolute Gasteiger partial charge is 0.323 e. The third kappa shape index (κ3) is 1.65. The number of aromatic nitrogens is 2. The van der Waals surface area contributed by atoms with Crippen molar-refractivity contribution in [1.29, 1.82) is 0 Å². The van der Waals surface area contributed by atoms with Crippen molar-refractivity contribution >= 4 is 11.6 Å². The average Bonchev–Trinajstić information content (AvgIpc) is 2.53. The van der Waals surface area contributed by atoms with Crippen molar-refractivity contribution in [2.75, 3.05) is 0 Å². The van der Waals surface area contributed by atoms with E-state index in [0.29, 0.717) is 5.02 Å².